The van der Waals surface area contributed by atoms with Crippen molar-refractivity contribution in [2.24, 2.45) is 0 Å². The summed E-state index contributed by atoms with van der Waals surface area (Å²) in [6.07, 6.45) is 0. The second-order valence-corrected chi connectivity index (χ2v) is 4.96. The molecule has 0 heterocycles. The van der Waals surface area contributed by atoms with Gasteiger partial charge in [0.1, 0.15) is 17.4 Å². The molecule has 2 aromatic carbocycles. The van der Waals surface area contributed by atoms with E-state index in [4.69, 9.17) is 16.3 Å². The molecule has 0 aliphatic heterocycles. The summed E-state index contributed by atoms with van der Waals surface area (Å²) >= 11 is 6.10. The topological polar surface area (TPSA) is 21.3 Å². The summed E-state index contributed by atoms with van der Waals surface area (Å²) in [6, 6.07) is 7.27. The summed E-state index contributed by atoms with van der Waals surface area (Å²) in [4.78, 5) is 0. The summed E-state index contributed by atoms with van der Waals surface area (Å²) in [5, 5.41) is 3.70. The Kier molecular flexibility index (Phi) is 5.15. The molecular weight excluding hydrogens is 296 g/mol. The number of benzene rings is 2. The SMILES string of the molecule is CCNCc1cc(-c2c(F)cc(OC)cc2F)ccc1Cl. The molecule has 0 saturated carbocycles. The fourth-order valence-electron chi connectivity index (χ4n) is 2.07. The Morgan fingerprint density at radius 2 is 1.81 bits per heavy atom. The maximum absolute atomic E-state index is 14.1. The van der Waals surface area contributed by atoms with Crippen LogP contribution in [0.25, 0.3) is 11.1 Å². The highest BCUT2D eigenvalue weighted by Gasteiger charge is 2.15. The first-order valence-corrected chi connectivity index (χ1v) is 6.97. The van der Waals surface area contributed by atoms with Gasteiger partial charge in [-0.3, -0.25) is 0 Å². The van der Waals surface area contributed by atoms with E-state index in [0.29, 0.717) is 17.1 Å². The monoisotopic (exact) mass is 311 g/mol. The van der Waals surface area contributed by atoms with Crippen LogP contribution in [0.5, 0.6) is 5.75 Å². The maximum atomic E-state index is 14.1. The second-order valence-electron chi connectivity index (χ2n) is 4.55. The van der Waals surface area contributed by atoms with Crippen molar-refractivity contribution in [1.29, 1.82) is 0 Å². The van der Waals surface area contributed by atoms with Gasteiger partial charge in [-0.15, -0.1) is 0 Å². The number of rotatable bonds is 5. The predicted octanol–water partition coefficient (Wildman–Crippen LogP) is 4.40. The highest BCUT2D eigenvalue weighted by molar-refractivity contribution is 6.31. The smallest absolute Gasteiger partial charge is 0.137 e. The van der Waals surface area contributed by atoms with Crippen molar-refractivity contribution >= 4 is 11.6 Å². The lowest BCUT2D eigenvalue weighted by molar-refractivity contribution is 0.407. The molecule has 0 amide bonds. The highest BCUT2D eigenvalue weighted by Crippen LogP contribution is 2.32. The first kappa shape index (κ1) is 15.7. The molecule has 0 aliphatic carbocycles. The van der Waals surface area contributed by atoms with Crippen molar-refractivity contribution in [2.75, 3.05) is 13.7 Å². The van der Waals surface area contributed by atoms with Crippen LogP contribution in [-0.4, -0.2) is 13.7 Å². The van der Waals surface area contributed by atoms with E-state index in [-0.39, 0.29) is 11.3 Å². The van der Waals surface area contributed by atoms with Crippen molar-refractivity contribution in [3.8, 4) is 16.9 Å². The predicted molar refractivity (Wildman–Crippen MR) is 80.7 cm³/mol. The molecule has 2 nitrogen and oxygen atoms in total. The van der Waals surface area contributed by atoms with Crippen LogP contribution in [0.4, 0.5) is 8.78 Å². The maximum Gasteiger partial charge on any atom is 0.137 e. The molecule has 2 aromatic rings. The standard InChI is InChI=1S/C16H16ClF2NO/c1-3-20-9-11-6-10(4-5-13(11)17)16-14(18)7-12(21-2)8-15(16)19/h4-8,20H,3,9H2,1-2H3. The molecule has 0 saturated heterocycles. The van der Waals surface area contributed by atoms with Crippen LogP contribution in [-0.2, 0) is 6.54 Å². The van der Waals surface area contributed by atoms with Crippen molar-refractivity contribution in [1.82, 2.24) is 5.32 Å². The summed E-state index contributed by atoms with van der Waals surface area (Å²) < 4.78 is 33.1. The van der Waals surface area contributed by atoms with Gasteiger partial charge in [0.25, 0.3) is 0 Å². The van der Waals surface area contributed by atoms with Gasteiger partial charge in [0, 0.05) is 23.7 Å². The van der Waals surface area contributed by atoms with Crippen LogP contribution in [0.3, 0.4) is 0 Å². The molecule has 0 aliphatic rings. The zero-order valence-electron chi connectivity index (χ0n) is 11.8. The Bertz CT molecular complexity index is 623. The fourth-order valence-corrected chi connectivity index (χ4v) is 2.25. The molecule has 112 valence electrons. The van der Waals surface area contributed by atoms with E-state index < -0.39 is 11.6 Å². The van der Waals surface area contributed by atoms with E-state index in [9.17, 15) is 8.78 Å². The van der Waals surface area contributed by atoms with E-state index in [1.54, 1.807) is 18.2 Å². The summed E-state index contributed by atoms with van der Waals surface area (Å²) in [5.41, 5.74) is 1.17. The van der Waals surface area contributed by atoms with Crippen molar-refractivity contribution in [3.05, 3.63) is 52.6 Å². The van der Waals surface area contributed by atoms with E-state index >= 15 is 0 Å². The minimum atomic E-state index is -0.663. The molecule has 21 heavy (non-hydrogen) atoms. The van der Waals surface area contributed by atoms with E-state index in [1.807, 2.05) is 6.92 Å². The summed E-state index contributed by atoms with van der Waals surface area (Å²) in [7, 11) is 1.37. The summed E-state index contributed by atoms with van der Waals surface area (Å²) in [5.74, 6) is -1.18. The Morgan fingerprint density at radius 1 is 1.14 bits per heavy atom. The summed E-state index contributed by atoms with van der Waals surface area (Å²) in [6.45, 7) is 3.30. The molecule has 5 heteroatoms. The van der Waals surface area contributed by atoms with Crippen LogP contribution in [0.2, 0.25) is 5.02 Å². The van der Waals surface area contributed by atoms with E-state index in [1.165, 1.54) is 7.11 Å². The first-order chi connectivity index (χ1) is 10.1. The zero-order valence-corrected chi connectivity index (χ0v) is 12.6. The molecular formula is C16H16ClF2NO. The van der Waals surface area contributed by atoms with Crippen LogP contribution in [0.15, 0.2) is 30.3 Å². The number of hydrogen-bond donors (Lipinski definition) is 1. The van der Waals surface area contributed by atoms with Gasteiger partial charge in [-0.25, -0.2) is 8.78 Å². The molecule has 0 aromatic heterocycles. The quantitative estimate of drug-likeness (QED) is 0.883. The van der Waals surface area contributed by atoms with Crippen LogP contribution in [0, 0.1) is 11.6 Å². The second kappa shape index (κ2) is 6.87. The van der Waals surface area contributed by atoms with Gasteiger partial charge in [0.15, 0.2) is 0 Å². The number of methoxy groups -OCH3 is 1. The van der Waals surface area contributed by atoms with Gasteiger partial charge in [0.2, 0.25) is 0 Å². The normalized spacial score (nSPS) is 10.7. The van der Waals surface area contributed by atoms with Gasteiger partial charge >= 0.3 is 0 Å². The molecule has 0 fully saturated rings. The number of nitrogens with one attached hydrogen (secondary N) is 1. The van der Waals surface area contributed by atoms with Gasteiger partial charge in [-0.05, 0) is 29.8 Å². The van der Waals surface area contributed by atoms with Crippen molar-refractivity contribution in [2.45, 2.75) is 13.5 Å². The number of hydrogen-bond acceptors (Lipinski definition) is 2. The van der Waals surface area contributed by atoms with Crippen LogP contribution >= 0.6 is 11.6 Å². The van der Waals surface area contributed by atoms with Gasteiger partial charge in [0.05, 0.1) is 12.7 Å². The number of ether oxygens (including phenoxy) is 1. The third-order valence-corrected chi connectivity index (χ3v) is 3.52. The molecule has 0 radical (unpaired) electrons. The van der Waals surface area contributed by atoms with Crippen molar-refractivity contribution < 1.29 is 13.5 Å². The number of halogens is 3. The highest BCUT2D eigenvalue weighted by atomic mass is 35.5. The van der Waals surface area contributed by atoms with Crippen LogP contribution < -0.4 is 10.1 Å². The van der Waals surface area contributed by atoms with Crippen LogP contribution in [0.1, 0.15) is 12.5 Å². The minimum absolute atomic E-state index is 0.0785. The zero-order chi connectivity index (χ0) is 15.4. The first-order valence-electron chi connectivity index (χ1n) is 6.59. The van der Waals surface area contributed by atoms with Gasteiger partial charge < -0.3 is 10.1 Å². The lowest BCUT2D eigenvalue weighted by atomic mass is 10.0. The molecule has 0 atom stereocenters. The molecule has 1 N–H and O–H groups in total. The molecule has 0 spiro atoms. The Hall–Kier alpha value is -1.65. The fraction of sp³-hybridized carbons (Fsp3) is 0.250. The lowest BCUT2D eigenvalue weighted by Crippen LogP contribution is -2.12. The molecule has 0 unspecified atom stereocenters. The third-order valence-electron chi connectivity index (χ3n) is 3.15. The van der Waals surface area contributed by atoms with Gasteiger partial charge in [-0.2, -0.15) is 0 Å². The third kappa shape index (κ3) is 3.52. The van der Waals surface area contributed by atoms with E-state index in [0.717, 1.165) is 24.2 Å². The molecule has 0 bridgehead atoms. The van der Waals surface area contributed by atoms with Crippen molar-refractivity contribution in [3.63, 3.8) is 0 Å². The average Bonchev–Trinajstić information content (AvgIpc) is 2.46. The minimum Gasteiger partial charge on any atom is -0.497 e. The largest absolute Gasteiger partial charge is 0.497 e. The molecule has 2 rings (SSSR count). The lowest BCUT2D eigenvalue weighted by Gasteiger charge is -2.11. The van der Waals surface area contributed by atoms with E-state index in [2.05, 4.69) is 5.32 Å². The Balaban J connectivity index is 2.47. The van der Waals surface area contributed by atoms with Gasteiger partial charge in [-0.1, -0.05) is 24.6 Å². The Morgan fingerprint density at radius 3 is 2.38 bits per heavy atom. The Labute approximate surface area is 127 Å². The average molecular weight is 312 g/mol.